The van der Waals surface area contributed by atoms with Crippen molar-refractivity contribution in [1.29, 1.82) is 0 Å². The Hall–Kier alpha value is -1.88. The minimum Gasteiger partial charge on any atom is -0.338 e. The van der Waals surface area contributed by atoms with E-state index in [1.807, 2.05) is 34.1 Å². The van der Waals surface area contributed by atoms with Gasteiger partial charge in [0.2, 0.25) is 5.91 Å². The number of nitrogens with one attached hydrogen (secondary N) is 1. The molecule has 2 fully saturated rings. The molecule has 2 heterocycles. The number of carbonyl (C=O) groups is 2. The molecule has 0 saturated carbocycles. The zero-order chi connectivity index (χ0) is 15.5. The summed E-state index contributed by atoms with van der Waals surface area (Å²) in [6, 6.07) is 7.73. The van der Waals surface area contributed by atoms with Crippen molar-refractivity contribution < 1.29 is 14.5 Å². The highest BCUT2D eigenvalue weighted by atomic mass is 16.2. The fraction of sp³-hybridized carbons (Fsp3) is 0.529. The first-order chi connectivity index (χ1) is 10.6. The predicted molar refractivity (Wildman–Crippen MR) is 83.6 cm³/mol. The molecular weight excluding hydrogens is 278 g/mol. The van der Waals surface area contributed by atoms with Gasteiger partial charge in [0.1, 0.15) is 0 Å². The van der Waals surface area contributed by atoms with Crippen molar-refractivity contribution in [1.82, 2.24) is 9.80 Å². The maximum Gasteiger partial charge on any atom is 0.254 e. The van der Waals surface area contributed by atoms with Crippen molar-refractivity contribution in [2.45, 2.75) is 19.4 Å². The van der Waals surface area contributed by atoms with Crippen LogP contribution >= 0.6 is 0 Å². The van der Waals surface area contributed by atoms with E-state index in [0.29, 0.717) is 13.0 Å². The second-order valence-electron chi connectivity index (χ2n) is 6.37. The molecule has 2 aliphatic rings. The fourth-order valence-electron chi connectivity index (χ4n) is 3.12. The number of nitrogens with zero attached hydrogens (tertiary/aromatic N) is 2. The van der Waals surface area contributed by atoms with E-state index in [4.69, 9.17) is 0 Å². The van der Waals surface area contributed by atoms with Gasteiger partial charge in [-0.25, -0.2) is 0 Å². The van der Waals surface area contributed by atoms with Crippen LogP contribution in [0.5, 0.6) is 0 Å². The van der Waals surface area contributed by atoms with Crippen LogP contribution in [-0.2, 0) is 11.3 Å². The number of piperazine rings is 1. The summed E-state index contributed by atoms with van der Waals surface area (Å²) >= 11 is 0. The molecule has 22 heavy (non-hydrogen) atoms. The third-order valence-corrected chi connectivity index (χ3v) is 4.65. The molecule has 2 saturated heterocycles. The molecular formula is C17H24N3O2+. The van der Waals surface area contributed by atoms with Crippen LogP contribution in [0.4, 0.5) is 0 Å². The monoisotopic (exact) mass is 302 g/mol. The number of rotatable bonds is 3. The van der Waals surface area contributed by atoms with E-state index in [9.17, 15) is 9.59 Å². The van der Waals surface area contributed by atoms with Gasteiger partial charge in [-0.1, -0.05) is 12.1 Å². The smallest absolute Gasteiger partial charge is 0.254 e. The lowest BCUT2D eigenvalue weighted by Gasteiger charge is -2.30. The molecule has 0 bridgehead atoms. The van der Waals surface area contributed by atoms with Crippen LogP contribution in [0.3, 0.4) is 0 Å². The van der Waals surface area contributed by atoms with E-state index in [-0.39, 0.29) is 11.8 Å². The topological polar surface area (TPSA) is 45.1 Å². The largest absolute Gasteiger partial charge is 0.338 e. The van der Waals surface area contributed by atoms with Crippen LogP contribution in [0.15, 0.2) is 24.3 Å². The predicted octanol–water partition coefficient (Wildman–Crippen LogP) is -0.220. The van der Waals surface area contributed by atoms with Crippen LogP contribution in [0.1, 0.15) is 28.8 Å². The number of likely N-dealkylation sites (N-methyl/N-ethyl adjacent to an activating group) is 1. The highest BCUT2D eigenvalue weighted by Gasteiger charge is 2.23. The van der Waals surface area contributed by atoms with Crippen molar-refractivity contribution in [3.63, 3.8) is 0 Å². The Morgan fingerprint density at radius 2 is 1.82 bits per heavy atom. The SMILES string of the molecule is C[NH+]1CCN(C(=O)c2ccc(CN3CCCC3=O)cc2)CC1. The third kappa shape index (κ3) is 3.30. The Labute approximate surface area is 131 Å². The van der Waals surface area contributed by atoms with Gasteiger partial charge in [0.15, 0.2) is 0 Å². The van der Waals surface area contributed by atoms with E-state index >= 15 is 0 Å². The maximum absolute atomic E-state index is 12.5. The van der Waals surface area contributed by atoms with Crippen molar-refractivity contribution >= 4 is 11.8 Å². The van der Waals surface area contributed by atoms with Crippen LogP contribution < -0.4 is 4.90 Å². The van der Waals surface area contributed by atoms with Crippen LogP contribution in [0.25, 0.3) is 0 Å². The maximum atomic E-state index is 12.5. The average molecular weight is 302 g/mol. The van der Waals surface area contributed by atoms with E-state index in [2.05, 4.69) is 7.05 Å². The second kappa shape index (κ2) is 6.48. The first kappa shape index (κ1) is 15.0. The molecule has 1 aromatic carbocycles. The summed E-state index contributed by atoms with van der Waals surface area (Å²) in [6.07, 6.45) is 1.63. The Morgan fingerprint density at radius 3 is 2.41 bits per heavy atom. The molecule has 0 aliphatic carbocycles. The normalized spacial score (nSPS) is 19.8. The summed E-state index contributed by atoms with van der Waals surface area (Å²) < 4.78 is 0. The number of quaternary nitrogens is 1. The standard InChI is InChI=1S/C17H23N3O2/c1-18-9-11-19(12-10-18)17(22)15-6-4-14(5-7-15)13-20-8-2-3-16(20)21/h4-7H,2-3,8-13H2,1H3/p+1. The zero-order valence-corrected chi connectivity index (χ0v) is 13.2. The molecule has 0 aromatic heterocycles. The van der Waals surface area contributed by atoms with Crippen molar-refractivity contribution in [3.05, 3.63) is 35.4 Å². The molecule has 0 radical (unpaired) electrons. The van der Waals surface area contributed by atoms with Crippen LogP contribution in [-0.4, -0.2) is 61.4 Å². The van der Waals surface area contributed by atoms with E-state index < -0.39 is 0 Å². The molecule has 0 spiro atoms. The number of carbonyl (C=O) groups excluding carboxylic acids is 2. The highest BCUT2D eigenvalue weighted by Crippen LogP contribution is 2.15. The summed E-state index contributed by atoms with van der Waals surface area (Å²) in [4.78, 5) is 29.4. The Kier molecular flexibility index (Phi) is 4.43. The second-order valence-corrected chi connectivity index (χ2v) is 6.37. The molecule has 3 rings (SSSR count). The van der Waals surface area contributed by atoms with Gasteiger partial charge >= 0.3 is 0 Å². The minimum atomic E-state index is 0.122. The molecule has 1 N–H and O–H groups in total. The first-order valence-electron chi connectivity index (χ1n) is 8.11. The van der Waals surface area contributed by atoms with Gasteiger partial charge in [0.25, 0.3) is 5.91 Å². The number of benzene rings is 1. The molecule has 0 unspecified atom stereocenters. The quantitative estimate of drug-likeness (QED) is 0.839. The van der Waals surface area contributed by atoms with Crippen LogP contribution in [0.2, 0.25) is 0 Å². The highest BCUT2D eigenvalue weighted by molar-refractivity contribution is 5.94. The molecule has 1 aromatic rings. The number of amides is 2. The molecule has 2 aliphatic heterocycles. The number of hydrogen-bond donors (Lipinski definition) is 1. The lowest BCUT2D eigenvalue weighted by molar-refractivity contribution is -0.883. The van der Waals surface area contributed by atoms with Gasteiger partial charge in [-0.15, -0.1) is 0 Å². The number of hydrogen-bond acceptors (Lipinski definition) is 2. The lowest BCUT2D eigenvalue weighted by Crippen LogP contribution is -3.12. The van der Waals surface area contributed by atoms with E-state index in [1.54, 1.807) is 0 Å². The zero-order valence-electron chi connectivity index (χ0n) is 13.2. The van der Waals surface area contributed by atoms with Gasteiger partial charge in [0.05, 0.1) is 33.2 Å². The Balaban J connectivity index is 1.61. The summed E-state index contributed by atoms with van der Waals surface area (Å²) in [5.74, 6) is 0.358. The van der Waals surface area contributed by atoms with Gasteiger partial charge < -0.3 is 14.7 Å². The number of likely N-dealkylation sites (tertiary alicyclic amines) is 1. The lowest BCUT2D eigenvalue weighted by atomic mass is 10.1. The van der Waals surface area contributed by atoms with Gasteiger partial charge in [-0.3, -0.25) is 9.59 Å². The fourth-order valence-corrected chi connectivity index (χ4v) is 3.12. The first-order valence-corrected chi connectivity index (χ1v) is 8.11. The minimum absolute atomic E-state index is 0.122. The van der Waals surface area contributed by atoms with E-state index in [0.717, 1.165) is 50.3 Å². The molecule has 2 amide bonds. The summed E-state index contributed by atoms with van der Waals surface area (Å²) in [5.41, 5.74) is 1.84. The Bertz CT molecular complexity index is 548. The van der Waals surface area contributed by atoms with Crippen molar-refractivity contribution in [2.75, 3.05) is 39.8 Å². The molecule has 118 valence electrons. The van der Waals surface area contributed by atoms with Crippen molar-refractivity contribution in [2.24, 2.45) is 0 Å². The summed E-state index contributed by atoms with van der Waals surface area (Å²) in [7, 11) is 2.16. The average Bonchev–Trinajstić information content (AvgIpc) is 2.93. The van der Waals surface area contributed by atoms with E-state index in [1.165, 1.54) is 4.90 Å². The Morgan fingerprint density at radius 1 is 1.14 bits per heavy atom. The van der Waals surface area contributed by atoms with Crippen LogP contribution in [0, 0.1) is 0 Å². The van der Waals surface area contributed by atoms with Gasteiger partial charge in [0, 0.05) is 25.1 Å². The van der Waals surface area contributed by atoms with Crippen molar-refractivity contribution in [3.8, 4) is 0 Å². The molecule has 5 heteroatoms. The molecule has 5 nitrogen and oxygen atoms in total. The van der Waals surface area contributed by atoms with Gasteiger partial charge in [-0.05, 0) is 24.1 Å². The summed E-state index contributed by atoms with van der Waals surface area (Å²) in [6.45, 7) is 5.19. The third-order valence-electron chi connectivity index (χ3n) is 4.65. The summed E-state index contributed by atoms with van der Waals surface area (Å²) in [5, 5.41) is 0. The van der Waals surface area contributed by atoms with Gasteiger partial charge in [-0.2, -0.15) is 0 Å². The molecule has 0 atom stereocenters.